The number of nitrogens with zero attached hydrogens (tertiary/aromatic N) is 2. The Hall–Kier alpha value is -1.75. The molecule has 1 aromatic carbocycles. The molecule has 0 radical (unpaired) electrons. The number of likely N-dealkylation sites (tertiary alicyclic amines) is 1. The van der Waals surface area contributed by atoms with Gasteiger partial charge in [-0.05, 0) is 54.7 Å². The molecule has 120 valence electrons. The van der Waals surface area contributed by atoms with Crippen molar-refractivity contribution in [2.45, 2.75) is 31.7 Å². The summed E-state index contributed by atoms with van der Waals surface area (Å²) in [6, 6.07) is 9.03. The van der Waals surface area contributed by atoms with Gasteiger partial charge in [0.25, 0.3) is 0 Å². The number of pyridine rings is 1. The largest absolute Gasteiger partial charge is 0.336 e. The van der Waals surface area contributed by atoms with Crippen LogP contribution >= 0.6 is 15.9 Å². The highest BCUT2D eigenvalue weighted by molar-refractivity contribution is 9.10. The van der Waals surface area contributed by atoms with Gasteiger partial charge in [0.15, 0.2) is 0 Å². The third-order valence-electron chi connectivity index (χ3n) is 4.29. The van der Waals surface area contributed by atoms with Crippen LogP contribution in [0.15, 0.2) is 47.2 Å². The molecule has 2 heterocycles. The van der Waals surface area contributed by atoms with Crippen molar-refractivity contribution in [3.8, 4) is 0 Å². The van der Waals surface area contributed by atoms with E-state index in [2.05, 4.69) is 20.9 Å². The molecule has 2 aromatic rings. The molecule has 0 unspecified atom stereocenters. The van der Waals surface area contributed by atoms with E-state index in [0.29, 0.717) is 22.9 Å². The Balaban J connectivity index is 1.65. The number of hydrogen-bond acceptors (Lipinski definition) is 2. The van der Waals surface area contributed by atoms with Crippen LogP contribution < -0.4 is 0 Å². The molecule has 0 spiro atoms. The lowest BCUT2D eigenvalue weighted by molar-refractivity contribution is -0.132. The van der Waals surface area contributed by atoms with Crippen molar-refractivity contribution >= 4 is 21.8 Å². The predicted octanol–water partition coefficient (Wildman–Crippen LogP) is 4.28. The Labute approximate surface area is 143 Å². The van der Waals surface area contributed by atoms with Crippen molar-refractivity contribution in [3.05, 3.63) is 64.1 Å². The highest BCUT2D eigenvalue weighted by Crippen LogP contribution is 2.32. The monoisotopic (exact) mass is 376 g/mol. The number of halogens is 2. The number of rotatable bonds is 4. The Morgan fingerprint density at radius 2 is 2.09 bits per heavy atom. The average molecular weight is 377 g/mol. The number of carbonyl (C=O) groups is 1. The first kappa shape index (κ1) is 16.1. The molecule has 23 heavy (non-hydrogen) atoms. The summed E-state index contributed by atoms with van der Waals surface area (Å²) in [6.07, 6.45) is 6.26. The minimum Gasteiger partial charge on any atom is -0.336 e. The molecular formula is C18H18BrFN2O. The third-order valence-corrected chi connectivity index (χ3v) is 4.78. The molecule has 5 heteroatoms. The lowest BCUT2D eigenvalue weighted by Crippen LogP contribution is -2.30. The molecule has 1 saturated heterocycles. The predicted molar refractivity (Wildman–Crippen MR) is 90.3 cm³/mol. The van der Waals surface area contributed by atoms with Gasteiger partial charge in [0.1, 0.15) is 5.82 Å². The van der Waals surface area contributed by atoms with E-state index in [1.807, 2.05) is 17.0 Å². The summed E-state index contributed by atoms with van der Waals surface area (Å²) >= 11 is 3.24. The van der Waals surface area contributed by atoms with Crippen LogP contribution in [-0.4, -0.2) is 22.3 Å². The summed E-state index contributed by atoms with van der Waals surface area (Å²) in [7, 11) is 0. The number of aryl methyl sites for hydroxylation is 1. The number of carbonyl (C=O) groups excluding carboxylic acids is 1. The van der Waals surface area contributed by atoms with E-state index in [-0.39, 0.29) is 17.8 Å². The van der Waals surface area contributed by atoms with Crippen LogP contribution in [0.1, 0.15) is 36.4 Å². The zero-order valence-corrected chi connectivity index (χ0v) is 14.3. The Bertz CT molecular complexity index is 693. The van der Waals surface area contributed by atoms with E-state index in [1.165, 1.54) is 6.07 Å². The van der Waals surface area contributed by atoms with Crippen LogP contribution in [0.3, 0.4) is 0 Å². The van der Waals surface area contributed by atoms with Gasteiger partial charge >= 0.3 is 0 Å². The Kier molecular flexibility index (Phi) is 5.06. The Morgan fingerprint density at radius 1 is 1.30 bits per heavy atom. The number of benzene rings is 1. The lowest BCUT2D eigenvalue weighted by atomic mass is 10.0. The summed E-state index contributed by atoms with van der Waals surface area (Å²) in [4.78, 5) is 18.5. The normalized spacial score (nSPS) is 17.5. The molecule has 1 fully saturated rings. The summed E-state index contributed by atoms with van der Waals surface area (Å²) in [5, 5.41) is 0. The molecule has 3 nitrogen and oxygen atoms in total. The highest BCUT2D eigenvalue weighted by atomic mass is 79.9. The summed E-state index contributed by atoms with van der Waals surface area (Å²) in [5.41, 5.74) is 1.71. The van der Waals surface area contributed by atoms with Gasteiger partial charge in [-0.1, -0.05) is 22.0 Å². The lowest BCUT2D eigenvalue weighted by Gasteiger charge is -2.25. The smallest absolute Gasteiger partial charge is 0.223 e. The molecular weight excluding hydrogens is 359 g/mol. The van der Waals surface area contributed by atoms with Crippen molar-refractivity contribution in [2.24, 2.45) is 0 Å². The maximum absolute atomic E-state index is 13.9. The SMILES string of the molecule is O=C(CCc1ccc(Br)cc1F)N1CCC[C@H]1c1ccncc1. The third kappa shape index (κ3) is 3.78. The first-order chi connectivity index (χ1) is 11.1. The summed E-state index contributed by atoms with van der Waals surface area (Å²) in [5.74, 6) is -0.175. The van der Waals surface area contributed by atoms with Crippen LogP contribution in [0.4, 0.5) is 4.39 Å². The molecule has 1 atom stereocenters. The molecule has 1 aliphatic rings. The molecule has 0 aliphatic carbocycles. The van der Waals surface area contributed by atoms with E-state index in [1.54, 1.807) is 24.5 Å². The fraction of sp³-hybridized carbons (Fsp3) is 0.333. The minimum atomic E-state index is -0.265. The van der Waals surface area contributed by atoms with E-state index in [9.17, 15) is 9.18 Å². The zero-order chi connectivity index (χ0) is 16.2. The van der Waals surface area contributed by atoms with E-state index in [4.69, 9.17) is 0 Å². The number of hydrogen-bond donors (Lipinski definition) is 0. The maximum atomic E-state index is 13.9. The van der Waals surface area contributed by atoms with Gasteiger partial charge in [0.2, 0.25) is 5.91 Å². The van der Waals surface area contributed by atoms with E-state index >= 15 is 0 Å². The van der Waals surface area contributed by atoms with Crippen LogP contribution in [0.5, 0.6) is 0 Å². The molecule has 1 amide bonds. The highest BCUT2D eigenvalue weighted by Gasteiger charge is 2.29. The topological polar surface area (TPSA) is 33.2 Å². The molecule has 0 N–H and O–H groups in total. The van der Waals surface area contributed by atoms with Gasteiger partial charge in [0, 0.05) is 29.8 Å². The van der Waals surface area contributed by atoms with Crippen molar-refractivity contribution in [2.75, 3.05) is 6.54 Å². The quantitative estimate of drug-likeness (QED) is 0.797. The summed E-state index contributed by atoms with van der Waals surface area (Å²) < 4.78 is 14.6. The molecule has 3 rings (SSSR count). The fourth-order valence-electron chi connectivity index (χ4n) is 3.11. The molecule has 1 aliphatic heterocycles. The zero-order valence-electron chi connectivity index (χ0n) is 12.7. The van der Waals surface area contributed by atoms with Crippen LogP contribution in [0.25, 0.3) is 0 Å². The van der Waals surface area contributed by atoms with Gasteiger partial charge in [0.05, 0.1) is 6.04 Å². The van der Waals surface area contributed by atoms with Gasteiger partial charge in [-0.15, -0.1) is 0 Å². The standard InChI is InChI=1S/C18H18BrFN2O/c19-15-5-3-13(16(20)12-15)4-6-18(23)22-11-1-2-17(22)14-7-9-21-10-8-14/h3,5,7-10,12,17H,1-2,4,6,11H2/t17-/m0/s1. The fourth-order valence-corrected chi connectivity index (χ4v) is 3.44. The number of aromatic nitrogens is 1. The first-order valence-electron chi connectivity index (χ1n) is 7.78. The maximum Gasteiger partial charge on any atom is 0.223 e. The van der Waals surface area contributed by atoms with Crippen molar-refractivity contribution in [1.82, 2.24) is 9.88 Å². The average Bonchev–Trinajstić information content (AvgIpc) is 3.04. The minimum absolute atomic E-state index is 0.0895. The van der Waals surface area contributed by atoms with Crippen molar-refractivity contribution < 1.29 is 9.18 Å². The second-order valence-corrected chi connectivity index (χ2v) is 6.68. The first-order valence-corrected chi connectivity index (χ1v) is 8.58. The Morgan fingerprint density at radius 3 is 2.83 bits per heavy atom. The van der Waals surface area contributed by atoms with Crippen molar-refractivity contribution in [1.29, 1.82) is 0 Å². The molecule has 0 bridgehead atoms. The molecule has 1 aromatic heterocycles. The van der Waals surface area contributed by atoms with Crippen LogP contribution in [-0.2, 0) is 11.2 Å². The van der Waals surface area contributed by atoms with Gasteiger partial charge in [-0.2, -0.15) is 0 Å². The summed E-state index contributed by atoms with van der Waals surface area (Å²) in [6.45, 7) is 0.772. The van der Waals surface area contributed by atoms with Crippen LogP contribution in [0, 0.1) is 5.82 Å². The van der Waals surface area contributed by atoms with Gasteiger partial charge < -0.3 is 4.90 Å². The van der Waals surface area contributed by atoms with Gasteiger partial charge in [-0.3, -0.25) is 9.78 Å². The van der Waals surface area contributed by atoms with Crippen LogP contribution in [0.2, 0.25) is 0 Å². The van der Waals surface area contributed by atoms with Gasteiger partial charge in [-0.25, -0.2) is 4.39 Å². The van der Waals surface area contributed by atoms with E-state index in [0.717, 1.165) is 24.9 Å². The van der Waals surface area contributed by atoms with Crippen molar-refractivity contribution in [3.63, 3.8) is 0 Å². The number of amides is 1. The second-order valence-electron chi connectivity index (χ2n) is 5.76. The van der Waals surface area contributed by atoms with E-state index < -0.39 is 0 Å². The molecule has 0 saturated carbocycles. The second kappa shape index (κ2) is 7.21.